The maximum Gasteiger partial charge on any atom is 0.330 e. The molecule has 0 bridgehead atoms. The first-order valence-electron chi connectivity index (χ1n) is 22.4. The van der Waals surface area contributed by atoms with Crippen molar-refractivity contribution >= 4 is 48.4 Å². The fourth-order valence-corrected chi connectivity index (χ4v) is 8.82. The number of nitriles is 1. The number of carbonyl (C=O) groups is 1. The lowest BCUT2D eigenvalue weighted by molar-refractivity contribution is -0.384. The van der Waals surface area contributed by atoms with Gasteiger partial charge in [0, 0.05) is 63.4 Å². The number of aromatic nitrogens is 2. The van der Waals surface area contributed by atoms with Gasteiger partial charge in [0.1, 0.15) is 17.6 Å². The zero-order chi connectivity index (χ0) is 49.5. The van der Waals surface area contributed by atoms with Crippen molar-refractivity contribution in [2.75, 3.05) is 25.1 Å². The molecule has 67 heavy (non-hydrogen) atoms. The molecule has 0 saturated carbocycles. The molecule has 0 radical (unpaired) electrons. The summed E-state index contributed by atoms with van der Waals surface area (Å²) in [5.74, 6) is 5.40. The van der Waals surface area contributed by atoms with Crippen molar-refractivity contribution in [3.8, 4) is 17.9 Å². The summed E-state index contributed by atoms with van der Waals surface area (Å²) < 4.78 is 30.0. The second kappa shape index (κ2) is 24.5. The van der Waals surface area contributed by atoms with Gasteiger partial charge in [-0.25, -0.2) is 9.46 Å². The first-order valence-corrected chi connectivity index (χ1v) is 22.9. The van der Waals surface area contributed by atoms with Crippen LogP contribution in [0.2, 0.25) is 0 Å². The number of nitrogens with zero attached hydrogens (tertiary/aromatic N) is 9. The largest absolute Gasteiger partial charge is 0.392 e. The zero-order valence-electron chi connectivity index (χ0n) is 39.7. The summed E-state index contributed by atoms with van der Waals surface area (Å²) in [6.45, 7) is 11.9. The Morgan fingerprint density at radius 3 is 2.46 bits per heavy atom. The van der Waals surface area contributed by atoms with Crippen LogP contribution in [-0.2, 0) is 25.2 Å². The number of hydrogen-bond acceptors (Lipinski definition) is 16. The predicted molar refractivity (Wildman–Crippen MR) is 254 cm³/mol. The number of anilines is 1. The first kappa shape index (κ1) is 50.1. The monoisotopic (exact) mass is 937 g/mol. The molecule has 0 spiro atoms. The summed E-state index contributed by atoms with van der Waals surface area (Å²) in [5.41, 5.74) is 2.70. The highest BCUT2D eigenvalue weighted by atomic mass is 31.2. The highest BCUT2D eigenvalue weighted by Crippen LogP contribution is 2.50. The van der Waals surface area contributed by atoms with Crippen LogP contribution in [0.3, 0.4) is 0 Å². The average Bonchev–Trinajstić information content (AvgIpc) is 3.71. The molecule has 1 fully saturated rings. The number of benzene rings is 3. The Labute approximate surface area is 392 Å². The maximum absolute atomic E-state index is 13.0. The number of aliphatic hydroxyl groups excluding tert-OH is 1. The fourth-order valence-electron chi connectivity index (χ4n) is 7.06. The Kier molecular flexibility index (Phi) is 18.3. The molecule has 0 aliphatic carbocycles. The quantitative estimate of drug-likeness (QED) is 0.0198. The van der Waals surface area contributed by atoms with Crippen LogP contribution in [-0.4, -0.2) is 74.5 Å². The molecule has 354 valence electrons. The van der Waals surface area contributed by atoms with E-state index >= 15 is 0 Å². The lowest BCUT2D eigenvalue weighted by atomic mass is 10.1. The average molecular weight is 938 g/mol. The molecule has 4 aromatic rings. The molecule has 3 aromatic carbocycles. The van der Waals surface area contributed by atoms with Crippen LogP contribution in [0.15, 0.2) is 90.8 Å². The van der Waals surface area contributed by atoms with E-state index in [0.717, 1.165) is 11.3 Å². The van der Waals surface area contributed by atoms with Crippen LogP contribution >= 0.6 is 8.53 Å². The zero-order valence-corrected chi connectivity index (χ0v) is 39.6. The van der Waals surface area contributed by atoms with E-state index in [-0.39, 0.29) is 80.6 Å². The van der Waals surface area contributed by atoms with Gasteiger partial charge in [0.25, 0.3) is 19.8 Å². The Morgan fingerprint density at radius 1 is 1.07 bits per heavy atom. The lowest BCUT2D eigenvalue weighted by Gasteiger charge is -2.37. The molecule has 1 aromatic heterocycles. The number of hydrogen-bond donors (Lipinski definition) is 2. The minimum atomic E-state index is -1.63. The number of nitrogens with one attached hydrogen (secondary N) is 1. The molecule has 0 amide bonds. The number of aliphatic hydroxyl groups is 1. The summed E-state index contributed by atoms with van der Waals surface area (Å²) in [6.07, 6.45) is 0.227. The second-order valence-electron chi connectivity index (χ2n) is 16.4. The van der Waals surface area contributed by atoms with Crippen molar-refractivity contribution in [1.29, 1.82) is 5.26 Å². The van der Waals surface area contributed by atoms with Gasteiger partial charge in [-0.05, 0) is 108 Å². The molecule has 2 N–H and O–H groups in total. The number of azo groups is 2. The van der Waals surface area contributed by atoms with E-state index in [1.807, 2.05) is 51.8 Å². The van der Waals surface area contributed by atoms with Gasteiger partial charge >= 0.3 is 5.69 Å². The number of carbonyl (C=O) groups excluding carboxylic acids is 1. The van der Waals surface area contributed by atoms with Crippen LogP contribution in [0, 0.1) is 47.1 Å². The van der Waals surface area contributed by atoms with Gasteiger partial charge in [-0.15, -0.1) is 5.11 Å². The van der Waals surface area contributed by atoms with Crippen molar-refractivity contribution in [1.82, 2.24) is 14.2 Å². The first-order chi connectivity index (χ1) is 32.5. The highest BCUT2D eigenvalue weighted by Gasteiger charge is 2.39. The smallest absolute Gasteiger partial charge is 0.330 e. The molecular formula is C47H57N10O9P. The predicted octanol–water partition coefficient (Wildman–Crippen LogP) is 9.58. The molecule has 1 aliphatic heterocycles. The third kappa shape index (κ3) is 14.3. The van der Waals surface area contributed by atoms with E-state index in [2.05, 4.69) is 48.0 Å². The molecular weight excluding hydrogens is 880 g/mol. The van der Waals surface area contributed by atoms with Gasteiger partial charge in [-0.3, -0.25) is 29.3 Å². The van der Waals surface area contributed by atoms with Crippen molar-refractivity contribution in [3.05, 3.63) is 114 Å². The number of H-pyrrole nitrogens is 1. The summed E-state index contributed by atoms with van der Waals surface area (Å²) in [4.78, 5) is 53.8. The summed E-state index contributed by atoms with van der Waals surface area (Å²) in [7, 11) is 0.271. The highest BCUT2D eigenvalue weighted by molar-refractivity contribution is 7.44. The SMILES string of the molecule is [2H]CC1OC(n2cc(C#CCC(=O)CCCN(C)c3ccc(N=Nc4cc(C)c(N=Nc5ccc(C)cc5[N+](=O)[O-])cc4CO)cc3)c(=O)[nH]c2=O)CC1OP(OCCC#N)N(C(C)C)C(C)C. The third-order valence-electron chi connectivity index (χ3n) is 10.5. The number of ketones is 1. The maximum atomic E-state index is 13.0. The number of nitro groups is 1. The minimum Gasteiger partial charge on any atom is -0.392 e. The van der Waals surface area contributed by atoms with Gasteiger partial charge in [-0.2, -0.15) is 20.6 Å². The molecule has 4 atom stereocenters. The molecule has 5 rings (SSSR count). The van der Waals surface area contributed by atoms with Gasteiger partial charge in [0.05, 0.1) is 66.3 Å². The van der Waals surface area contributed by atoms with Crippen LogP contribution in [0.4, 0.5) is 34.1 Å². The molecule has 19 nitrogen and oxygen atoms in total. The summed E-state index contributed by atoms with van der Waals surface area (Å²) >= 11 is 0. The minimum absolute atomic E-state index is 0.0151. The number of aromatic amines is 1. The molecule has 1 saturated heterocycles. The third-order valence-corrected chi connectivity index (χ3v) is 12.7. The van der Waals surface area contributed by atoms with Gasteiger partial charge in [0.15, 0.2) is 5.69 Å². The van der Waals surface area contributed by atoms with Crippen LogP contribution in [0.25, 0.3) is 0 Å². The van der Waals surface area contributed by atoms with E-state index in [0.29, 0.717) is 41.2 Å². The van der Waals surface area contributed by atoms with E-state index in [4.69, 9.17) is 20.4 Å². The van der Waals surface area contributed by atoms with Crippen molar-refractivity contribution < 1.29 is 30.0 Å². The van der Waals surface area contributed by atoms with Crippen LogP contribution in [0.1, 0.15) is 96.6 Å². The molecule has 4 unspecified atom stereocenters. The number of rotatable bonds is 21. The summed E-state index contributed by atoms with van der Waals surface area (Å²) in [5, 5.41) is 47.6. The van der Waals surface area contributed by atoms with Gasteiger partial charge < -0.3 is 23.8 Å². The van der Waals surface area contributed by atoms with Crippen molar-refractivity contribution in [3.63, 3.8) is 0 Å². The normalized spacial score (nSPS) is 16.7. The number of aryl methyl sites for hydroxylation is 2. The van der Waals surface area contributed by atoms with E-state index in [1.54, 1.807) is 44.2 Å². The van der Waals surface area contributed by atoms with Gasteiger partial charge in [-0.1, -0.05) is 17.9 Å². The Morgan fingerprint density at radius 2 is 1.79 bits per heavy atom. The number of ether oxygens (including phenoxy) is 1. The van der Waals surface area contributed by atoms with Crippen LogP contribution < -0.4 is 16.1 Å². The molecule has 20 heteroatoms. The van der Waals surface area contributed by atoms with E-state index in [1.165, 1.54) is 22.9 Å². The van der Waals surface area contributed by atoms with Crippen LogP contribution in [0.5, 0.6) is 0 Å². The lowest BCUT2D eigenvalue weighted by Crippen LogP contribution is -2.35. The van der Waals surface area contributed by atoms with E-state index < -0.39 is 43.1 Å². The second-order valence-corrected chi connectivity index (χ2v) is 17.8. The topological polar surface area (TPSA) is 243 Å². The fraction of sp³-hybridized carbons (Fsp3) is 0.447. The summed E-state index contributed by atoms with van der Waals surface area (Å²) in [6, 6.07) is 17.5. The molecule has 2 heterocycles. The molecule has 1 aliphatic rings. The Hall–Kier alpha value is -6.31. The standard InChI is InChI=1S/C47H57N10O9P/c1-30(2)56(31(3)4)67(64-23-11-21-48)66-44-27-45(65-34(44)7)55-28-35(46(60)49-47(55)61)12-9-13-39(59)14-10-22-54(8)38-18-16-37(17-19-38)50-53-42-25-33(6)41(26-36(42)29-58)52-51-40-20-15-32(5)24-43(40)57(62)63/h15-20,24-26,28,30-31,34,44-45,58H,10-11,13-14,22-23,27,29H2,1-8H3,(H,49,60,61)/i7D. The number of nitro benzene ring substituents is 1. The number of Topliss-reactive ketones (excluding diaryl/α,β-unsaturated/α-hetero) is 1. The Bertz CT molecular complexity index is 2680. The van der Waals surface area contributed by atoms with Crippen molar-refractivity contribution in [2.45, 2.75) is 118 Å². The van der Waals surface area contributed by atoms with Gasteiger partial charge in [0.2, 0.25) is 0 Å². The Balaban J connectivity index is 1.14. The van der Waals surface area contributed by atoms with E-state index in [9.17, 15) is 29.6 Å². The van der Waals surface area contributed by atoms with Crippen molar-refractivity contribution in [2.24, 2.45) is 20.5 Å².